The number of pyridine rings is 1. The molecule has 2 rings (SSSR count). The minimum atomic E-state index is -0.359. The first-order valence-corrected chi connectivity index (χ1v) is 6.79. The van der Waals surface area contributed by atoms with Crippen LogP contribution in [0.3, 0.4) is 0 Å². The highest BCUT2D eigenvalue weighted by molar-refractivity contribution is 7.99. The first-order chi connectivity index (χ1) is 9.65. The summed E-state index contributed by atoms with van der Waals surface area (Å²) >= 11 is 1.18. The molecule has 0 fully saturated rings. The van der Waals surface area contributed by atoms with Crippen molar-refractivity contribution < 1.29 is 13.9 Å². The second kappa shape index (κ2) is 6.26. The molecular weight excluding hydrogens is 276 g/mol. The van der Waals surface area contributed by atoms with Crippen molar-refractivity contribution >= 4 is 17.7 Å². The number of aromatic nitrogens is 1. The van der Waals surface area contributed by atoms with Gasteiger partial charge in [-0.2, -0.15) is 5.26 Å². The van der Waals surface area contributed by atoms with E-state index >= 15 is 0 Å². The average Bonchev–Trinajstić information content (AvgIpc) is 2.98. The molecule has 0 aliphatic rings. The summed E-state index contributed by atoms with van der Waals surface area (Å²) in [7, 11) is 1.33. The predicted octanol–water partition coefficient (Wildman–Crippen LogP) is 2.79. The maximum absolute atomic E-state index is 11.2. The van der Waals surface area contributed by atoms with Gasteiger partial charge in [0.05, 0.1) is 24.7 Å². The van der Waals surface area contributed by atoms with Crippen LogP contribution in [-0.4, -0.2) is 23.8 Å². The SMILES string of the molecule is COC(=O)CSc1nc(C)cc(-c2ccco2)c1C#N. The van der Waals surface area contributed by atoms with E-state index in [4.69, 9.17) is 4.42 Å². The van der Waals surface area contributed by atoms with E-state index in [1.807, 2.05) is 6.92 Å². The normalized spacial score (nSPS) is 10.1. The Morgan fingerprint density at radius 2 is 2.40 bits per heavy atom. The predicted molar refractivity (Wildman–Crippen MR) is 74.1 cm³/mol. The minimum absolute atomic E-state index is 0.110. The molecule has 0 saturated heterocycles. The van der Waals surface area contributed by atoms with Gasteiger partial charge in [-0.15, -0.1) is 0 Å². The molecule has 0 aromatic carbocycles. The van der Waals surface area contributed by atoms with E-state index in [0.29, 0.717) is 21.9 Å². The first kappa shape index (κ1) is 14.2. The molecule has 102 valence electrons. The summed E-state index contributed by atoms with van der Waals surface area (Å²) < 4.78 is 9.93. The fourth-order valence-electron chi connectivity index (χ4n) is 1.67. The fraction of sp³-hybridized carbons (Fsp3) is 0.214. The zero-order valence-electron chi connectivity index (χ0n) is 11.0. The number of methoxy groups -OCH3 is 1. The third kappa shape index (κ3) is 3.00. The number of furan rings is 1. The maximum atomic E-state index is 11.2. The monoisotopic (exact) mass is 288 g/mol. The summed E-state index contributed by atoms with van der Waals surface area (Å²) in [6.07, 6.45) is 1.55. The molecule has 0 N–H and O–H groups in total. The van der Waals surface area contributed by atoms with Crippen LogP contribution in [0, 0.1) is 18.3 Å². The molecule has 6 heteroatoms. The Morgan fingerprint density at radius 1 is 1.60 bits per heavy atom. The summed E-state index contributed by atoms with van der Waals surface area (Å²) in [6, 6.07) is 7.46. The molecule has 0 aliphatic carbocycles. The lowest BCUT2D eigenvalue weighted by Crippen LogP contribution is -2.04. The van der Waals surface area contributed by atoms with Crippen LogP contribution < -0.4 is 0 Å². The van der Waals surface area contributed by atoms with Gasteiger partial charge in [0.15, 0.2) is 0 Å². The van der Waals surface area contributed by atoms with Crippen molar-refractivity contribution in [2.75, 3.05) is 12.9 Å². The van der Waals surface area contributed by atoms with Crippen molar-refractivity contribution in [2.45, 2.75) is 11.9 Å². The van der Waals surface area contributed by atoms with Crippen molar-refractivity contribution in [3.8, 4) is 17.4 Å². The molecule has 2 heterocycles. The number of esters is 1. The van der Waals surface area contributed by atoms with E-state index in [0.717, 1.165) is 5.69 Å². The van der Waals surface area contributed by atoms with Crippen LogP contribution in [0.25, 0.3) is 11.3 Å². The van der Waals surface area contributed by atoms with Crippen LogP contribution in [0.1, 0.15) is 11.3 Å². The number of aryl methyl sites for hydroxylation is 1. The third-order valence-electron chi connectivity index (χ3n) is 2.57. The Labute approximate surface area is 120 Å². The van der Waals surface area contributed by atoms with Crippen LogP contribution in [0.4, 0.5) is 0 Å². The molecule has 2 aromatic rings. The summed E-state index contributed by atoms with van der Waals surface area (Å²) in [5, 5.41) is 9.85. The average molecular weight is 288 g/mol. The first-order valence-electron chi connectivity index (χ1n) is 5.81. The molecular formula is C14H12N2O3S. The van der Waals surface area contributed by atoms with Crippen molar-refractivity contribution in [1.29, 1.82) is 5.26 Å². The van der Waals surface area contributed by atoms with E-state index in [9.17, 15) is 10.1 Å². The number of rotatable bonds is 4. The number of carbonyl (C=O) groups excluding carboxylic acids is 1. The molecule has 0 spiro atoms. The second-order valence-electron chi connectivity index (χ2n) is 3.95. The standard InChI is InChI=1S/C14H12N2O3S/c1-9-6-10(12-4-3-5-19-12)11(7-15)14(16-9)20-8-13(17)18-2/h3-6H,8H2,1-2H3. The van der Waals surface area contributed by atoms with Crippen LogP contribution in [0.2, 0.25) is 0 Å². The highest BCUT2D eigenvalue weighted by Gasteiger charge is 2.16. The number of ether oxygens (including phenoxy) is 1. The lowest BCUT2D eigenvalue weighted by Gasteiger charge is -2.08. The summed E-state index contributed by atoms with van der Waals surface area (Å²) in [4.78, 5) is 15.5. The highest BCUT2D eigenvalue weighted by Crippen LogP contribution is 2.31. The van der Waals surface area contributed by atoms with Crippen molar-refractivity contribution in [3.05, 3.63) is 35.7 Å². The van der Waals surface area contributed by atoms with Crippen LogP contribution in [0.15, 0.2) is 33.9 Å². The Kier molecular flexibility index (Phi) is 4.43. The number of nitrogens with zero attached hydrogens (tertiary/aromatic N) is 2. The van der Waals surface area contributed by atoms with Gasteiger partial charge in [-0.05, 0) is 25.1 Å². The van der Waals surface area contributed by atoms with E-state index in [1.54, 1.807) is 24.5 Å². The minimum Gasteiger partial charge on any atom is -0.468 e. The van der Waals surface area contributed by atoms with Crippen molar-refractivity contribution in [1.82, 2.24) is 4.98 Å². The molecule has 0 amide bonds. The lowest BCUT2D eigenvalue weighted by molar-refractivity contribution is -0.137. The van der Waals surface area contributed by atoms with Gasteiger partial charge < -0.3 is 9.15 Å². The summed E-state index contributed by atoms with van der Waals surface area (Å²) in [5.41, 5.74) is 1.83. The molecule has 5 nitrogen and oxygen atoms in total. The Morgan fingerprint density at radius 3 is 3.00 bits per heavy atom. The molecule has 0 radical (unpaired) electrons. The fourth-order valence-corrected chi connectivity index (χ4v) is 2.55. The maximum Gasteiger partial charge on any atom is 0.316 e. The van der Waals surface area contributed by atoms with Gasteiger partial charge in [0.1, 0.15) is 16.9 Å². The number of hydrogen-bond acceptors (Lipinski definition) is 6. The lowest BCUT2D eigenvalue weighted by atomic mass is 10.1. The Balaban J connectivity index is 2.42. The number of thioether (sulfide) groups is 1. The zero-order valence-corrected chi connectivity index (χ0v) is 11.9. The van der Waals surface area contributed by atoms with E-state index in [-0.39, 0.29) is 11.7 Å². The summed E-state index contributed by atoms with van der Waals surface area (Å²) in [6.45, 7) is 1.83. The number of hydrogen-bond donors (Lipinski definition) is 0. The summed E-state index contributed by atoms with van der Waals surface area (Å²) in [5.74, 6) is 0.355. The highest BCUT2D eigenvalue weighted by atomic mass is 32.2. The van der Waals surface area contributed by atoms with Gasteiger partial charge in [0.2, 0.25) is 0 Å². The molecule has 20 heavy (non-hydrogen) atoms. The van der Waals surface area contributed by atoms with E-state index in [2.05, 4.69) is 15.8 Å². The second-order valence-corrected chi connectivity index (χ2v) is 4.91. The number of carbonyl (C=O) groups is 1. The van der Waals surface area contributed by atoms with Gasteiger partial charge in [-0.3, -0.25) is 4.79 Å². The largest absolute Gasteiger partial charge is 0.468 e. The van der Waals surface area contributed by atoms with E-state index < -0.39 is 0 Å². The van der Waals surface area contributed by atoms with Crippen LogP contribution in [0.5, 0.6) is 0 Å². The Hall–Kier alpha value is -2.26. The molecule has 2 aromatic heterocycles. The van der Waals surface area contributed by atoms with Gasteiger partial charge in [0.25, 0.3) is 0 Å². The Bertz CT molecular complexity index is 660. The molecule has 0 atom stereocenters. The quantitative estimate of drug-likeness (QED) is 0.636. The van der Waals surface area contributed by atoms with Gasteiger partial charge in [-0.1, -0.05) is 11.8 Å². The van der Waals surface area contributed by atoms with Crippen molar-refractivity contribution in [3.63, 3.8) is 0 Å². The molecule has 0 bridgehead atoms. The zero-order chi connectivity index (χ0) is 14.5. The molecule has 0 unspecified atom stereocenters. The molecule has 0 aliphatic heterocycles. The number of nitriles is 1. The topological polar surface area (TPSA) is 76.1 Å². The molecule has 0 saturated carbocycles. The van der Waals surface area contributed by atoms with Gasteiger partial charge in [-0.25, -0.2) is 4.98 Å². The van der Waals surface area contributed by atoms with Crippen molar-refractivity contribution in [2.24, 2.45) is 0 Å². The van der Waals surface area contributed by atoms with Crippen LogP contribution in [-0.2, 0) is 9.53 Å². The van der Waals surface area contributed by atoms with Gasteiger partial charge in [0, 0.05) is 11.3 Å². The van der Waals surface area contributed by atoms with Gasteiger partial charge >= 0.3 is 5.97 Å². The third-order valence-corrected chi connectivity index (χ3v) is 3.52. The van der Waals surface area contributed by atoms with Crippen LogP contribution >= 0.6 is 11.8 Å². The smallest absolute Gasteiger partial charge is 0.316 e. The van der Waals surface area contributed by atoms with E-state index in [1.165, 1.54) is 18.9 Å².